The number of halogens is 2. The lowest BCUT2D eigenvalue weighted by Crippen LogP contribution is -2.37. The van der Waals surface area contributed by atoms with Gasteiger partial charge < -0.3 is 15.0 Å². The maximum atomic E-state index is 13.6. The van der Waals surface area contributed by atoms with E-state index in [1.54, 1.807) is 7.05 Å². The molecule has 1 atom stereocenters. The number of nitrogens with one attached hydrogen (secondary N) is 1. The normalized spacial score (nSPS) is 11.8. The van der Waals surface area contributed by atoms with E-state index in [-0.39, 0.29) is 25.1 Å². The average molecular weight is 461 g/mol. The third kappa shape index (κ3) is 5.85. The third-order valence-corrected chi connectivity index (χ3v) is 5.55. The summed E-state index contributed by atoms with van der Waals surface area (Å²) in [6.07, 6.45) is -1.24. The minimum absolute atomic E-state index is 0.128. The molecule has 0 fully saturated rings. The number of carbonyl (C=O) groups excluding carboxylic acids is 3. The van der Waals surface area contributed by atoms with Gasteiger partial charge in [-0.05, 0) is 31.2 Å². The van der Waals surface area contributed by atoms with Crippen LogP contribution in [0.3, 0.4) is 0 Å². The number of likely N-dealkylation sites (N-methyl/N-ethyl adjacent to an activating group) is 1. The van der Waals surface area contributed by atoms with Crippen LogP contribution in [-0.4, -0.2) is 47.4 Å². The Balaban J connectivity index is 1.44. The third-order valence-electron chi connectivity index (χ3n) is 4.53. The minimum Gasteiger partial charge on any atom is -0.452 e. The van der Waals surface area contributed by atoms with Gasteiger partial charge in [-0.15, -0.1) is 11.3 Å². The van der Waals surface area contributed by atoms with Gasteiger partial charge in [-0.2, -0.15) is 0 Å². The second kappa shape index (κ2) is 10.3. The molecule has 2 aromatic carbocycles. The van der Waals surface area contributed by atoms with Crippen LogP contribution in [0.15, 0.2) is 42.5 Å². The summed E-state index contributed by atoms with van der Waals surface area (Å²) in [5.41, 5.74) is 0.523. The molecule has 0 bridgehead atoms. The van der Waals surface area contributed by atoms with Gasteiger partial charge in [-0.25, -0.2) is 13.8 Å². The molecule has 7 nitrogen and oxygen atoms in total. The van der Waals surface area contributed by atoms with Crippen LogP contribution >= 0.6 is 11.3 Å². The standard InChI is InChI=1S/C22H21F2N3O4S/c1-13(22(30)27(2)12-19-26-17-5-3-4-6-18(17)32-19)31-20(28)9-10-25-21(29)15-8-7-14(23)11-16(15)24/h3-8,11,13H,9-10,12H2,1-2H3,(H,25,29). The van der Waals surface area contributed by atoms with Crippen molar-refractivity contribution < 1.29 is 27.9 Å². The Labute approximate surface area is 187 Å². The van der Waals surface area contributed by atoms with Gasteiger partial charge in [-0.1, -0.05) is 12.1 Å². The molecule has 0 saturated carbocycles. The Morgan fingerprint density at radius 3 is 2.66 bits per heavy atom. The molecular weight excluding hydrogens is 440 g/mol. The SMILES string of the molecule is CC(OC(=O)CCNC(=O)c1ccc(F)cc1F)C(=O)N(C)Cc1nc2ccccc2s1. The number of aromatic nitrogens is 1. The number of esters is 1. The van der Waals surface area contributed by atoms with E-state index in [0.717, 1.165) is 27.4 Å². The molecule has 0 saturated heterocycles. The molecule has 0 aliphatic carbocycles. The fourth-order valence-corrected chi connectivity index (χ4v) is 3.95. The molecule has 3 rings (SSSR count). The second-order valence-electron chi connectivity index (χ2n) is 7.03. The number of hydrogen-bond donors (Lipinski definition) is 1. The van der Waals surface area contributed by atoms with Crippen molar-refractivity contribution in [3.8, 4) is 0 Å². The smallest absolute Gasteiger partial charge is 0.308 e. The lowest BCUT2D eigenvalue weighted by Gasteiger charge is -2.20. The number of hydrogen-bond acceptors (Lipinski definition) is 6. The van der Waals surface area contributed by atoms with Crippen molar-refractivity contribution in [1.29, 1.82) is 0 Å². The van der Waals surface area contributed by atoms with Gasteiger partial charge in [0.05, 0.1) is 28.7 Å². The molecule has 0 spiro atoms. The van der Waals surface area contributed by atoms with Crippen molar-refractivity contribution in [3.63, 3.8) is 0 Å². The summed E-state index contributed by atoms with van der Waals surface area (Å²) < 4.78 is 32.7. The number of thiazole rings is 1. The van der Waals surface area contributed by atoms with Crippen LogP contribution in [0, 0.1) is 11.6 Å². The zero-order chi connectivity index (χ0) is 23.3. The maximum absolute atomic E-state index is 13.6. The van der Waals surface area contributed by atoms with E-state index in [4.69, 9.17) is 4.74 Å². The molecule has 2 amide bonds. The number of para-hydroxylation sites is 1. The van der Waals surface area contributed by atoms with Gasteiger partial charge in [-0.3, -0.25) is 14.4 Å². The summed E-state index contributed by atoms with van der Waals surface area (Å²) in [6, 6.07) is 10.2. The lowest BCUT2D eigenvalue weighted by atomic mass is 10.2. The molecule has 10 heteroatoms. The first-order chi connectivity index (χ1) is 15.2. The highest BCUT2D eigenvalue weighted by molar-refractivity contribution is 7.18. The molecule has 3 aromatic rings. The van der Waals surface area contributed by atoms with Crippen molar-refractivity contribution >= 4 is 39.3 Å². The topological polar surface area (TPSA) is 88.6 Å². The van der Waals surface area contributed by atoms with Crippen LogP contribution in [0.4, 0.5) is 8.78 Å². The number of rotatable bonds is 8. The van der Waals surface area contributed by atoms with E-state index >= 15 is 0 Å². The number of carbonyl (C=O) groups is 3. The molecule has 32 heavy (non-hydrogen) atoms. The van der Waals surface area contributed by atoms with Crippen LogP contribution in [0.25, 0.3) is 10.2 Å². The number of benzene rings is 2. The van der Waals surface area contributed by atoms with E-state index in [1.165, 1.54) is 23.2 Å². The molecule has 1 N–H and O–H groups in total. The van der Waals surface area contributed by atoms with E-state index in [9.17, 15) is 23.2 Å². The highest BCUT2D eigenvalue weighted by Gasteiger charge is 2.22. The zero-order valence-corrected chi connectivity index (χ0v) is 18.2. The molecule has 0 radical (unpaired) electrons. The highest BCUT2D eigenvalue weighted by atomic mass is 32.1. The molecular formula is C22H21F2N3O4S. The van der Waals surface area contributed by atoms with E-state index in [0.29, 0.717) is 6.07 Å². The number of fused-ring (bicyclic) bond motifs is 1. The quantitative estimate of drug-likeness (QED) is 0.520. The summed E-state index contributed by atoms with van der Waals surface area (Å²) in [5, 5.41) is 3.12. The van der Waals surface area contributed by atoms with Crippen LogP contribution in [-0.2, 0) is 20.9 Å². The van der Waals surface area contributed by atoms with Gasteiger partial charge in [0, 0.05) is 19.7 Å². The first kappa shape index (κ1) is 23.3. The predicted octanol–water partition coefficient (Wildman–Crippen LogP) is 3.28. The van der Waals surface area contributed by atoms with Gasteiger partial charge in [0.2, 0.25) is 0 Å². The van der Waals surface area contributed by atoms with Crippen molar-refractivity contribution in [2.45, 2.75) is 26.0 Å². The van der Waals surface area contributed by atoms with Crippen molar-refractivity contribution in [2.75, 3.05) is 13.6 Å². The molecule has 0 aliphatic heterocycles. The molecule has 1 heterocycles. The summed E-state index contributed by atoms with van der Waals surface area (Å²) in [4.78, 5) is 42.3. The predicted molar refractivity (Wildman–Crippen MR) is 115 cm³/mol. The van der Waals surface area contributed by atoms with Crippen LogP contribution in [0.5, 0.6) is 0 Å². The van der Waals surface area contributed by atoms with Gasteiger partial charge >= 0.3 is 5.97 Å². The van der Waals surface area contributed by atoms with Crippen LogP contribution in [0.2, 0.25) is 0 Å². The summed E-state index contributed by atoms with van der Waals surface area (Å²) in [5.74, 6) is -3.67. The van der Waals surface area contributed by atoms with E-state index in [1.807, 2.05) is 24.3 Å². The summed E-state index contributed by atoms with van der Waals surface area (Å²) >= 11 is 1.48. The molecule has 168 valence electrons. The van der Waals surface area contributed by atoms with Gasteiger partial charge in [0.1, 0.15) is 16.6 Å². The largest absolute Gasteiger partial charge is 0.452 e. The van der Waals surface area contributed by atoms with Gasteiger partial charge in [0.15, 0.2) is 6.10 Å². The maximum Gasteiger partial charge on any atom is 0.308 e. The fraction of sp³-hybridized carbons (Fsp3) is 0.273. The number of amides is 2. The van der Waals surface area contributed by atoms with Crippen molar-refractivity contribution in [2.24, 2.45) is 0 Å². The van der Waals surface area contributed by atoms with Crippen LogP contribution in [0.1, 0.15) is 28.7 Å². The highest BCUT2D eigenvalue weighted by Crippen LogP contribution is 2.22. The first-order valence-electron chi connectivity index (χ1n) is 9.76. The van der Waals surface area contributed by atoms with Crippen LogP contribution < -0.4 is 5.32 Å². The van der Waals surface area contributed by atoms with Crippen molar-refractivity contribution in [1.82, 2.24) is 15.2 Å². The summed E-state index contributed by atoms with van der Waals surface area (Å²) in [7, 11) is 1.59. The lowest BCUT2D eigenvalue weighted by molar-refractivity contribution is -0.158. The Bertz CT molecular complexity index is 1120. The fourth-order valence-electron chi connectivity index (χ4n) is 2.93. The Hall–Kier alpha value is -3.40. The minimum atomic E-state index is -1.02. The monoisotopic (exact) mass is 461 g/mol. The average Bonchev–Trinajstić information content (AvgIpc) is 3.15. The van der Waals surface area contributed by atoms with E-state index < -0.39 is 35.5 Å². The first-order valence-corrected chi connectivity index (χ1v) is 10.6. The zero-order valence-electron chi connectivity index (χ0n) is 17.4. The second-order valence-corrected chi connectivity index (χ2v) is 8.15. The summed E-state index contributed by atoms with van der Waals surface area (Å²) in [6.45, 7) is 1.61. The number of ether oxygens (including phenoxy) is 1. The number of nitrogens with zero attached hydrogens (tertiary/aromatic N) is 2. The Kier molecular flexibility index (Phi) is 7.47. The van der Waals surface area contributed by atoms with Crippen molar-refractivity contribution in [3.05, 3.63) is 64.7 Å². The van der Waals surface area contributed by atoms with E-state index in [2.05, 4.69) is 10.3 Å². The Morgan fingerprint density at radius 1 is 1.19 bits per heavy atom. The molecule has 1 unspecified atom stereocenters. The van der Waals surface area contributed by atoms with Gasteiger partial charge in [0.25, 0.3) is 11.8 Å². The molecule has 1 aromatic heterocycles. The Morgan fingerprint density at radius 2 is 1.94 bits per heavy atom. The molecule has 0 aliphatic rings.